The second-order valence-electron chi connectivity index (χ2n) is 6.48. The zero-order valence-electron chi connectivity index (χ0n) is 14.3. The lowest BCUT2D eigenvalue weighted by atomic mass is 10.1. The van der Waals surface area contributed by atoms with Crippen LogP contribution in [0.25, 0.3) is 0 Å². The van der Waals surface area contributed by atoms with E-state index in [9.17, 15) is 4.79 Å². The number of morpholine rings is 1. The maximum absolute atomic E-state index is 12.6. The van der Waals surface area contributed by atoms with E-state index in [4.69, 9.17) is 15.2 Å². The van der Waals surface area contributed by atoms with Gasteiger partial charge in [-0.2, -0.15) is 0 Å². The fourth-order valence-electron chi connectivity index (χ4n) is 3.40. The van der Waals surface area contributed by atoms with Gasteiger partial charge in [-0.05, 0) is 24.5 Å². The molecule has 0 unspecified atom stereocenters. The number of likely N-dealkylation sites (N-methyl/N-ethyl adjacent to an activating group) is 1. The normalized spacial score (nSPS) is 24.2. The first kappa shape index (κ1) is 17.2. The Morgan fingerprint density at radius 2 is 2.04 bits per heavy atom. The Labute approximate surface area is 143 Å². The standard InChI is InChI=1S/C18H27N3O3/c1-20(18(22)17-7-6-15(12-19)24-17)13-14-4-2-3-5-16(14)21-8-10-23-11-9-21/h2-5,15,17H,6-13,19H2,1H3/t15-,17+/m1/s1. The number of nitrogens with zero attached hydrogens (tertiary/aromatic N) is 2. The highest BCUT2D eigenvalue weighted by atomic mass is 16.5. The third-order valence-electron chi connectivity index (χ3n) is 4.77. The molecule has 0 spiro atoms. The molecule has 132 valence electrons. The first-order valence-electron chi connectivity index (χ1n) is 8.70. The van der Waals surface area contributed by atoms with Crippen LogP contribution in [0, 0.1) is 0 Å². The molecule has 2 fully saturated rings. The maximum Gasteiger partial charge on any atom is 0.251 e. The predicted molar refractivity (Wildman–Crippen MR) is 92.9 cm³/mol. The molecular weight excluding hydrogens is 306 g/mol. The molecule has 6 heteroatoms. The number of para-hydroxylation sites is 1. The average Bonchev–Trinajstić information content (AvgIpc) is 3.11. The van der Waals surface area contributed by atoms with Crippen LogP contribution in [0.4, 0.5) is 5.69 Å². The smallest absolute Gasteiger partial charge is 0.251 e. The van der Waals surface area contributed by atoms with Crippen LogP contribution in [0.3, 0.4) is 0 Å². The fourth-order valence-corrected chi connectivity index (χ4v) is 3.40. The summed E-state index contributed by atoms with van der Waals surface area (Å²) < 4.78 is 11.2. The number of ether oxygens (including phenoxy) is 2. The molecule has 2 aliphatic heterocycles. The minimum absolute atomic E-state index is 0.0213. The first-order valence-corrected chi connectivity index (χ1v) is 8.70. The summed E-state index contributed by atoms with van der Waals surface area (Å²) in [7, 11) is 1.84. The Morgan fingerprint density at radius 3 is 2.75 bits per heavy atom. The number of hydrogen-bond acceptors (Lipinski definition) is 5. The number of benzene rings is 1. The van der Waals surface area contributed by atoms with Gasteiger partial charge in [0.2, 0.25) is 0 Å². The molecule has 2 heterocycles. The van der Waals surface area contributed by atoms with Crippen molar-refractivity contribution in [1.82, 2.24) is 4.90 Å². The van der Waals surface area contributed by atoms with Gasteiger partial charge in [0.15, 0.2) is 0 Å². The zero-order valence-corrected chi connectivity index (χ0v) is 14.3. The summed E-state index contributed by atoms with van der Waals surface area (Å²) >= 11 is 0. The van der Waals surface area contributed by atoms with Crippen LogP contribution in [0.5, 0.6) is 0 Å². The Hall–Kier alpha value is -1.63. The van der Waals surface area contributed by atoms with E-state index >= 15 is 0 Å². The topological polar surface area (TPSA) is 68.0 Å². The van der Waals surface area contributed by atoms with E-state index in [1.54, 1.807) is 4.90 Å². The molecule has 0 saturated carbocycles. The molecule has 1 aromatic rings. The molecule has 24 heavy (non-hydrogen) atoms. The second-order valence-corrected chi connectivity index (χ2v) is 6.48. The minimum atomic E-state index is -0.348. The van der Waals surface area contributed by atoms with Gasteiger partial charge in [0.05, 0.1) is 19.3 Å². The van der Waals surface area contributed by atoms with E-state index in [0.29, 0.717) is 13.1 Å². The van der Waals surface area contributed by atoms with Gasteiger partial charge in [-0.25, -0.2) is 0 Å². The number of amides is 1. The molecular formula is C18H27N3O3. The lowest BCUT2D eigenvalue weighted by molar-refractivity contribution is -0.141. The summed E-state index contributed by atoms with van der Waals surface area (Å²) in [6.45, 7) is 4.34. The van der Waals surface area contributed by atoms with Gasteiger partial charge in [-0.15, -0.1) is 0 Å². The van der Waals surface area contributed by atoms with Crippen LogP contribution in [-0.4, -0.2) is 62.9 Å². The highest BCUT2D eigenvalue weighted by molar-refractivity contribution is 5.81. The van der Waals surface area contributed by atoms with E-state index in [1.165, 1.54) is 5.69 Å². The molecule has 2 aliphatic rings. The van der Waals surface area contributed by atoms with E-state index in [2.05, 4.69) is 17.0 Å². The van der Waals surface area contributed by atoms with Crippen LogP contribution >= 0.6 is 0 Å². The van der Waals surface area contributed by atoms with Gasteiger partial charge in [-0.3, -0.25) is 4.79 Å². The SMILES string of the molecule is CN(Cc1ccccc1N1CCOCC1)C(=O)[C@@H]1CC[C@H](CN)O1. The van der Waals surface area contributed by atoms with Crippen molar-refractivity contribution in [1.29, 1.82) is 0 Å². The highest BCUT2D eigenvalue weighted by Gasteiger charge is 2.32. The highest BCUT2D eigenvalue weighted by Crippen LogP contribution is 2.25. The molecule has 2 N–H and O–H groups in total. The third kappa shape index (κ3) is 3.88. The van der Waals surface area contributed by atoms with Crippen LogP contribution in [0.2, 0.25) is 0 Å². The van der Waals surface area contributed by atoms with Gasteiger partial charge in [0, 0.05) is 38.9 Å². The molecule has 6 nitrogen and oxygen atoms in total. The second kappa shape index (κ2) is 7.96. The molecule has 0 bridgehead atoms. The maximum atomic E-state index is 12.6. The summed E-state index contributed by atoms with van der Waals surface area (Å²) in [6, 6.07) is 8.28. The van der Waals surface area contributed by atoms with Gasteiger partial charge >= 0.3 is 0 Å². The van der Waals surface area contributed by atoms with Crippen molar-refractivity contribution in [2.75, 3.05) is 44.8 Å². The Morgan fingerprint density at radius 1 is 1.29 bits per heavy atom. The van der Waals surface area contributed by atoms with Crippen LogP contribution in [0.15, 0.2) is 24.3 Å². The minimum Gasteiger partial charge on any atom is -0.378 e. The molecule has 0 aromatic heterocycles. The quantitative estimate of drug-likeness (QED) is 0.870. The molecule has 1 aromatic carbocycles. The van der Waals surface area contributed by atoms with Crippen molar-refractivity contribution >= 4 is 11.6 Å². The molecule has 2 saturated heterocycles. The van der Waals surface area contributed by atoms with Crippen molar-refractivity contribution in [3.05, 3.63) is 29.8 Å². The largest absolute Gasteiger partial charge is 0.378 e. The molecule has 3 rings (SSSR count). The number of carbonyl (C=O) groups excluding carboxylic acids is 1. The van der Waals surface area contributed by atoms with Crippen LogP contribution in [0.1, 0.15) is 18.4 Å². The number of carbonyl (C=O) groups is 1. The van der Waals surface area contributed by atoms with Gasteiger partial charge in [0.1, 0.15) is 6.10 Å². The summed E-state index contributed by atoms with van der Waals surface area (Å²) in [4.78, 5) is 16.7. The monoisotopic (exact) mass is 333 g/mol. The molecule has 2 atom stereocenters. The summed E-state index contributed by atoms with van der Waals surface area (Å²) in [5.74, 6) is 0.0442. The average molecular weight is 333 g/mol. The molecule has 0 radical (unpaired) electrons. The predicted octanol–water partition coefficient (Wildman–Crippen LogP) is 0.988. The van der Waals surface area contributed by atoms with Crippen molar-refractivity contribution in [2.24, 2.45) is 5.73 Å². The Kier molecular flexibility index (Phi) is 5.71. The molecule has 0 aliphatic carbocycles. The molecule has 1 amide bonds. The van der Waals surface area contributed by atoms with E-state index in [1.807, 2.05) is 19.2 Å². The van der Waals surface area contributed by atoms with Crippen LogP contribution < -0.4 is 10.6 Å². The summed E-state index contributed by atoms with van der Waals surface area (Å²) in [5, 5.41) is 0. The zero-order chi connectivity index (χ0) is 16.9. The van der Waals surface area contributed by atoms with Crippen molar-refractivity contribution in [3.63, 3.8) is 0 Å². The van der Waals surface area contributed by atoms with Crippen molar-refractivity contribution in [2.45, 2.75) is 31.6 Å². The van der Waals surface area contributed by atoms with Gasteiger partial charge in [0.25, 0.3) is 5.91 Å². The lowest BCUT2D eigenvalue weighted by Crippen LogP contribution is -2.39. The van der Waals surface area contributed by atoms with Gasteiger partial charge < -0.3 is 25.0 Å². The van der Waals surface area contributed by atoms with Crippen molar-refractivity contribution < 1.29 is 14.3 Å². The van der Waals surface area contributed by atoms with E-state index < -0.39 is 0 Å². The Balaban J connectivity index is 1.66. The summed E-state index contributed by atoms with van der Waals surface area (Å²) in [6.07, 6.45) is 1.30. The number of rotatable bonds is 5. The lowest BCUT2D eigenvalue weighted by Gasteiger charge is -2.31. The van der Waals surface area contributed by atoms with Gasteiger partial charge in [-0.1, -0.05) is 18.2 Å². The number of nitrogens with two attached hydrogens (primary N) is 1. The van der Waals surface area contributed by atoms with Crippen molar-refractivity contribution in [3.8, 4) is 0 Å². The van der Waals surface area contributed by atoms with E-state index in [-0.39, 0.29) is 18.1 Å². The van der Waals surface area contributed by atoms with Crippen LogP contribution in [-0.2, 0) is 20.8 Å². The van der Waals surface area contributed by atoms with E-state index in [0.717, 1.165) is 44.7 Å². The summed E-state index contributed by atoms with van der Waals surface area (Å²) in [5.41, 5.74) is 7.98. The number of anilines is 1. The third-order valence-corrected chi connectivity index (χ3v) is 4.77. The Bertz CT molecular complexity index is 560. The first-order chi connectivity index (χ1) is 11.7. The number of hydrogen-bond donors (Lipinski definition) is 1. The fraction of sp³-hybridized carbons (Fsp3) is 0.611.